The van der Waals surface area contributed by atoms with Crippen molar-refractivity contribution in [2.75, 3.05) is 5.73 Å². The topological polar surface area (TPSA) is 72.2 Å². The zero-order valence-corrected chi connectivity index (χ0v) is 12.9. The molecule has 3 atom stereocenters. The van der Waals surface area contributed by atoms with Crippen LogP contribution in [0.3, 0.4) is 0 Å². The summed E-state index contributed by atoms with van der Waals surface area (Å²) in [4.78, 5) is -0.491. The fraction of sp³-hybridized carbons (Fsp3) is 0.538. The highest BCUT2D eigenvalue weighted by Gasteiger charge is 2.34. The van der Waals surface area contributed by atoms with E-state index in [1.807, 2.05) is 6.92 Å². The van der Waals surface area contributed by atoms with E-state index in [0.717, 1.165) is 18.9 Å². The first-order valence-corrected chi connectivity index (χ1v) is 8.35. The molecule has 7 heteroatoms. The Morgan fingerprint density at radius 2 is 2.00 bits per heavy atom. The molecule has 1 aliphatic carbocycles. The summed E-state index contributed by atoms with van der Waals surface area (Å²) in [5.41, 5.74) is 5.15. The highest BCUT2D eigenvalue weighted by Crippen LogP contribution is 2.33. The lowest BCUT2D eigenvalue weighted by Crippen LogP contribution is -2.37. The molecule has 0 radical (unpaired) electrons. The van der Waals surface area contributed by atoms with E-state index in [1.54, 1.807) is 0 Å². The second-order valence-corrected chi connectivity index (χ2v) is 7.57. The molecular formula is C13H18ClFN2O2S. The average molecular weight is 321 g/mol. The number of rotatable bonds is 3. The van der Waals surface area contributed by atoms with Crippen molar-refractivity contribution < 1.29 is 12.8 Å². The molecule has 1 fully saturated rings. The number of hydrogen-bond donors (Lipinski definition) is 2. The van der Waals surface area contributed by atoms with Crippen LogP contribution in [0.5, 0.6) is 0 Å². The lowest BCUT2D eigenvalue weighted by Gasteiger charge is -2.20. The second-order valence-electron chi connectivity index (χ2n) is 5.45. The molecule has 1 aromatic rings. The molecule has 1 aliphatic rings. The van der Waals surface area contributed by atoms with E-state index in [-0.39, 0.29) is 22.7 Å². The summed E-state index contributed by atoms with van der Waals surface area (Å²) >= 11 is 5.76. The Bertz CT molecular complexity index is 621. The summed E-state index contributed by atoms with van der Waals surface area (Å²) in [5, 5.41) is 0.0945. The number of anilines is 1. The normalized spacial score (nSPS) is 26.9. The van der Waals surface area contributed by atoms with Crippen LogP contribution in [-0.2, 0) is 10.0 Å². The van der Waals surface area contributed by atoms with Crippen molar-refractivity contribution in [1.29, 1.82) is 0 Å². The maximum atomic E-state index is 13.9. The van der Waals surface area contributed by atoms with E-state index < -0.39 is 20.7 Å². The Labute approximate surface area is 123 Å². The predicted molar refractivity (Wildman–Crippen MR) is 77.5 cm³/mol. The van der Waals surface area contributed by atoms with E-state index in [0.29, 0.717) is 5.92 Å². The van der Waals surface area contributed by atoms with Gasteiger partial charge in [-0.25, -0.2) is 17.5 Å². The highest BCUT2D eigenvalue weighted by atomic mass is 35.5. The number of sulfonamides is 1. The van der Waals surface area contributed by atoms with E-state index >= 15 is 0 Å². The summed E-state index contributed by atoms with van der Waals surface area (Å²) in [6.45, 7) is 4.07. The minimum Gasteiger partial charge on any atom is -0.396 e. The van der Waals surface area contributed by atoms with E-state index in [2.05, 4.69) is 11.6 Å². The molecule has 0 bridgehead atoms. The van der Waals surface area contributed by atoms with Gasteiger partial charge in [0.2, 0.25) is 10.0 Å². The van der Waals surface area contributed by atoms with Gasteiger partial charge in [-0.15, -0.1) is 0 Å². The van der Waals surface area contributed by atoms with Gasteiger partial charge in [0.1, 0.15) is 4.90 Å². The number of benzene rings is 1. The molecule has 3 N–H and O–H groups in total. The van der Waals surface area contributed by atoms with Crippen molar-refractivity contribution in [3.8, 4) is 0 Å². The average Bonchev–Trinajstić information content (AvgIpc) is 2.65. The fourth-order valence-electron chi connectivity index (χ4n) is 2.57. The predicted octanol–water partition coefficient (Wildman–Crippen LogP) is 2.77. The number of nitrogens with two attached hydrogens (primary N) is 1. The zero-order valence-electron chi connectivity index (χ0n) is 11.4. The Morgan fingerprint density at radius 3 is 2.55 bits per heavy atom. The van der Waals surface area contributed by atoms with Gasteiger partial charge in [-0.2, -0.15) is 0 Å². The van der Waals surface area contributed by atoms with Crippen LogP contribution in [0.25, 0.3) is 0 Å². The van der Waals surface area contributed by atoms with Crippen molar-refractivity contribution in [2.24, 2.45) is 11.8 Å². The summed E-state index contributed by atoms with van der Waals surface area (Å²) in [6, 6.07) is 2.09. The quantitative estimate of drug-likeness (QED) is 0.841. The Hall–Kier alpha value is -0.850. The smallest absolute Gasteiger partial charge is 0.243 e. The van der Waals surface area contributed by atoms with Gasteiger partial charge in [0.15, 0.2) is 5.82 Å². The fourth-order valence-corrected chi connectivity index (χ4v) is 4.36. The van der Waals surface area contributed by atoms with Crippen LogP contribution in [0.15, 0.2) is 17.0 Å². The molecule has 0 saturated heterocycles. The third-order valence-corrected chi connectivity index (χ3v) is 5.80. The third-order valence-electron chi connectivity index (χ3n) is 4.09. The first-order chi connectivity index (χ1) is 9.22. The van der Waals surface area contributed by atoms with Crippen LogP contribution in [0.1, 0.15) is 26.7 Å². The highest BCUT2D eigenvalue weighted by molar-refractivity contribution is 7.89. The molecule has 1 aromatic carbocycles. The van der Waals surface area contributed by atoms with Crippen LogP contribution < -0.4 is 10.5 Å². The molecule has 0 heterocycles. The first kappa shape index (κ1) is 15.5. The number of halogens is 2. The van der Waals surface area contributed by atoms with Crippen LogP contribution in [0, 0.1) is 17.7 Å². The Morgan fingerprint density at radius 1 is 1.35 bits per heavy atom. The summed E-state index contributed by atoms with van der Waals surface area (Å²) in [5.74, 6) is -0.304. The molecule has 3 unspecified atom stereocenters. The molecule has 0 aliphatic heterocycles. The van der Waals surface area contributed by atoms with Crippen LogP contribution in [0.2, 0.25) is 5.02 Å². The van der Waals surface area contributed by atoms with Crippen LogP contribution in [0.4, 0.5) is 10.1 Å². The van der Waals surface area contributed by atoms with Gasteiger partial charge < -0.3 is 5.73 Å². The van der Waals surface area contributed by atoms with Gasteiger partial charge in [-0.05, 0) is 36.8 Å². The van der Waals surface area contributed by atoms with Crippen molar-refractivity contribution in [2.45, 2.75) is 37.6 Å². The monoisotopic (exact) mass is 320 g/mol. The maximum Gasteiger partial charge on any atom is 0.243 e. The second kappa shape index (κ2) is 5.50. The third kappa shape index (κ3) is 2.92. The van der Waals surface area contributed by atoms with E-state index in [9.17, 15) is 12.8 Å². The SMILES string of the molecule is CC1CCC(NS(=O)(=O)c2cc(Cl)cc(N)c2F)C1C. The molecule has 0 spiro atoms. The first-order valence-electron chi connectivity index (χ1n) is 6.49. The molecule has 1 saturated carbocycles. The zero-order chi connectivity index (χ0) is 15.1. The molecule has 20 heavy (non-hydrogen) atoms. The largest absolute Gasteiger partial charge is 0.396 e. The minimum absolute atomic E-state index is 0.0945. The lowest BCUT2D eigenvalue weighted by atomic mass is 9.98. The molecule has 2 rings (SSSR count). The molecule has 0 aromatic heterocycles. The van der Waals surface area contributed by atoms with Gasteiger partial charge in [0, 0.05) is 11.1 Å². The molecular weight excluding hydrogens is 303 g/mol. The van der Waals surface area contributed by atoms with Gasteiger partial charge in [0.25, 0.3) is 0 Å². The molecule has 4 nitrogen and oxygen atoms in total. The molecule has 0 amide bonds. The van der Waals surface area contributed by atoms with Crippen molar-refractivity contribution in [1.82, 2.24) is 4.72 Å². The van der Waals surface area contributed by atoms with Crippen LogP contribution >= 0.6 is 11.6 Å². The Kier molecular flexibility index (Phi) is 4.27. The van der Waals surface area contributed by atoms with Crippen molar-refractivity contribution >= 4 is 27.3 Å². The van der Waals surface area contributed by atoms with Gasteiger partial charge in [-0.3, -0.25) is 0 Å². The summed E-state index contributed by atoms with van der Waals surface area (Å²) in [7, 11) is -3.97. The van der Waals surface area contributed by atoms with Crippen molar-refractivity contribution in [3.05, 3.63) is 23.0 Å². The van der Waals surface area contributed by atoms with Crippen molar-refractivity contribution in [3.63, 3.8) is 0 Å². The lowest BCUT2D eigenvalue weighted by molar-refractivity contribution is 0.401. The van der Waals surface area contributed by atoms with Gasteiger partial charge in [-0.1, -0.05) is 25.4 Å². The van der Waals surface area contributed by atoms with Gasteiger partial charge >= 0.3 is 0 Å². The summed E-state index contributed by atoms with van der Waals surface area (Å²) in [6.07, 6.45) is 1.70. The Balaban J connectivity index is 2.32. The summed E-state index contributed by atoms with van der Waals surface area (Å²) < 4.78 is 41.1. The maximum absolute atomic E-state index is 13.9. The number of nitrogens with one attached hydrogen (secondary N) is 1. The standard InChI is InChI=1S/C13H18ClFN2O2S/c1-7-3-4-11(8(7)2)17-20(18,19)12-6-9(14)5-10(16)13(12)15/h5-8,11,17H,3-4,16H2,1-2H3. The van der Waals surface area contributed by atoms with Crippen LogP contribution in [-0.4, -0.2) is 14.5 Å². The molecule has 112 valence electrons. The van der Waals surface area contributed by atoms with E-state index in [4.69, 9.17) is 17.3 Å². The van der Waals surface area contributed by atoms with E-state index in [1.165, 1.54) is 6.07 Å². The van der Waals surface area contributed by atoms with Gasteiger partial charge in [0.05, 0.1) is 5.69 Å². The minimum atomic E-state index is -3.97. The number of nitrogen functional groups attached to an aromatic ring is 1. The number of hydrogen-bond acceptors (Lipinski definition) is 3.